The van der Waals surface area contributed by atoms with Crippen LogP contribution in [-0.2, 0) is 0 Å². The van der Waals surface area contributed by atoms with Gasteiger partial charge in [-0.25, -0.2) is 4.79 Å². The van der Waals surface area contributed by atoms with E-state index in [1.807, 2.05) is 30.7 Å². The van der Waals surface area contributed by atoms with E-state index < -0.39 is 0 Å². The number of amides is 2. The summed E-state index contributed by atoms with van der Waals surface area (Å²) in [6, 6.07) is 0.583. The molecule has 0 aromatic heterocycles. The van der Waals surface area contributed by atoms with Crippen LogP contribution < -0.4 is 5.32 Å². The minimum atomic E-state index is 0.178. The third-order valence-electron chi connectivity index (χ3n) is 3.43. The third kappa shape index (κ3) is 3.37. The van der Waals surface area contributed by atoms with Crippen LogP contribution in [0.15, 0.2) is 0 Å². The Bertz CT molecular complexity index is 208. The van der Waals surface area contributed by atoms with Crippen LogP contribution in [0.4, 0.5) is 4.79 Å². The summed E-state index contributed by atoms with van der Waals surface area (Å²) in [5.41, 5.74) is 0. The number of hydrogen-bond donors (Lipinski definition) is 1. The van der Waals surface area contributed by atoms with Crippen molar-refractivity contribution in [2.75, 3.05) is 33.2 Å². The molecule has 4 heteroatoms. The van der Waals surface area contributed by atoms with Gasteiger partial charge in [0.15, 0.2) is 0 Å². The van der Waals surface area contributed by atoms with Gasteiger partial charge in [0.05, 0.1) is 0 Å². The molecule has 1 saturated heterocycles. The van der Waals surface area contributed by atoms with Crippen LogP contribution in [0.2, 0.25) is 0 Å². The summed E-state index contributed by atoms with van der Waals surface area (Å²) < 4.78 is 0. The Balaban J connectivity index is 2.53. The maximum atomic E-state index is 12.1. The Labute approximate surface area is 99.0 Å². The molecule has 1 atom stereocenters. The first kappa shape index (κ1) is 13.3. The second-order valence-corrected chi connectivity index (χ2v) is 4.40. The monoisotopic (exact) mass is 227 g/mol. The number of hydrogen-bond acceptors (Lipinski definition) is 2. The largest absolute Gasteiger partial charge is 0.325 e. The fraction of sp³-hybridized carbons (Fsp3) is 0.917. The molecule has 1 aliphatic rings. The normalized spacial score (nSPS) is 21.3. The Morgan fingerprint density at radius 3 is 2.56 bits per heavy atom. The van der Waals surface area contributed by atoms with Crippen molar-refractivity contribution in [3.63, 3.8) is 0 Å². The lowest BCUT2D eigenvalue weighted by molar-refractivity contribution is 0.146. The van der Waals surface area contributed by atoms with Crippen molar-refractivity contribution in [3.05, 3.63) is 0 Å². The average Bonchev–Trinajstić information content (AvgIpc) is 2.58. The van der Waals surface area contributed by atoms with Crippen molar-refractivity contribution < 1.29 is 4.79 Å². The smallest absolute Gasteiger partial charge is 0.319 e. The van der Waals surface area contributed by atoms with Crippen LogP contribution in [0.3, 0.4) is 0 Å². The first-order chi connectivity index (χ1) is 7.70. The zero-order chi connectivity index (χ0) is 12.0. The molecule has 0 spiro atoms. The highest BCUT2D eigenvalue weighted by molar-refractivity contribution is 5.74. The van der Waals surface area contributed by atoms with Crippen LogP contribution in [0, 0.1) is 0 Å². The molecule has 0 aromatic carbocycles. The number of nitrogens with zero attached hydrogens (tertiary/aromatic N) is 2. The van der Waals surface area contributed by atoms with Crippen LogP contribution in [-0.4, -0.2) is 55.1 Å². The fourth-order valence-corrected chi connectivity index (χ4v) is 2.26. The number of carbonyl (C=O) groups is 1. The van der Waals surface area contributed by atoms with E-state index in [9.17, 15) is 4.79 Å². The summed E-state index contributed by atoms with van der Waals surface area (Å²) in [6.07, 6.45) is 3.36. The van der Waals surface area contributed by atoms with Crippen LogP contribution >= 0.6 is 0 Å². The Morgan fingerprint density at radius 1 is 1.25 bits per heavy atom. The number of urea groups is 1. The Morgan fingerprint density at radius 2 is 1.94 bits per heavy atom. The van der Waals surface area contributed by atoms with Crippen molar-refractivity contribution in [1.29, 1.82) is 0 Å². The Kier molecular flexibility index (Phi) is 5.60. The van der Waals surface area contributed by atoms with E-state index in [2.05, 4.69) is 5.32 Å². The van der Waals surface area contributed by atoms with Gasteiger partial charge < -0.3 is 15.1 Å². The molecular weight excluding hydrogens is 202 g/mol. The lowest BCUT2D eigenvalue weighted by Crippen LogP contribution is -2.46. The molecule has 1 unspecified atom stereocenters. The van der Waals surface area contributed by atoms with Gasteiger partial charge >= 0.3 is 6.03 Å². The van der Waals surface area contributed by atoms with E-state index >= 15 is 0 Å². The quantitative estimate of drug-likeness (QED) is 0.793. The topological polar surface area (TPSA) is 35.6 Å². The molecule has 0 bridgehead atoms. The van der Waals surface area contributed by atoms with Gasteiger partial charge in [0.25, 0.3) is 0 Å². The summed E-state index contributed by atoms with van der Waals surface area (Å²) in [5, 5.41) is 3.38. The molecule has 0 aromatic rings. The van der Waals surface area contributed by atoms with Gasteiger partial charge in [-0.15, -0.1) is 0 Å². The highest BCUT2D eigenvalue weighted by atomic mass is 16.2. The molecule has 1 N–H and O–H groups in total. The van der Waals surface area contributed by atoms with Gasteiger partial charge in [0.2, 0.25) is 0 Å². The van der Waals surface area contributed by atoms with Crippen molar-refractivity contribution >= 4 is 6.03 Å². The SMILES string of the molecule is CCN(CC)C(=O)N(C)C1CCCNCC1. The molecular formula is C12H25N3O. The minimum absolute atomic E-state index is 0.178. The lowest BCUT2D eigenvalue weighted by atomic mass is 10.1. The zero-order valence-corrected chi connectivity index (χ0v) is 10.8. The van der Waals surface area contributed by atoms with Crippen molar-refractivity contribution in [3.8, 4) is 0 Å². The molecule has 0 radical (unpaired) electrons. The van der Waals surface area contributed by atoms with Gasteiger partial charge in [-0.3, -0.25) is 0 Å². The second-order valence-electron chi connectivity index (χ2n) is 4.40. The first-order valence-corrected chi connectivity index (χ1v) is 6.43. The highest BCUT2D eigenvalue weighted by Gasteiger charge is 2.23. The lowest BCUT2D eigenvalue weighted by Gasteiger charge is -2.32. The molecule has 1 fully saturated rings. The number of nitrogens with one attached hydrogen (secondary N) is 1. The molecule has 4 nitrogen and oxygen atoms in total. The van der Waals surface area contributed by atoms with E-state index in [-0.39, 0.29) is 6.03 Å². The van der Waals surface area contributed by atoms with Gasteiger partial charge in [0.1, 0.15) is 0 Å². The van der Waals surface area contributed by atoms with Crippen LogP contribution in [0.5, 0.6) is 0 Å². The van der Waals surface area contributed by atoms with Gasteiger partial charge in [-0.1, -0.05) is 0 Å². The predicted octanol–water partition coefficient (Wildman–Crippen LogP) is 1.52. The molecule has 2 amide bonds. The van der Waals surface area contributed by atoms with Crippen LogP contribution in [0.1, 0.15) is 33.1 Å². The maximum absolute atomic E-state index is 12.1. The summed E-state index contributed by atoms with van der Waals surface area (Å²) in [7, 11) is 1.94. The predicted molar refractivity (Wildman–Crippen MR) is 66.6 cm³/mol. The van der Waals surface area contributed by atoms with Gasteiger partial charge in [-0.2, -0.15) is 0 Å². The van der Waals surface area contributed by atoms with E-state index in [0.717, 1.165) is 39.0 Å². The standard InChI is InChI=1S/C12H25N3O/c1-4-15(5-2)12(16)14(3)11-7-6-9-13-10-8-11/h11,13H,4-10H2,1-3H3. The summed E-state index contributed by atoms with van der Waals surface area (Å²) in [6.45, 7) is 7.77. The molecule has 1 heterocycles. The first-order valence-electron chi connectivity index (χ1n) is 6.43. The number of rotatable bonds is 3. The van der Waals surface area contributed by atoms with Gasteiger partial charge in [-0.05, 0) is 46.2 Å². The summed E-state index contributed by atoms with van der Waals surface area (Å²) >= 11 is 0. The maximum Gasteiger partial charge on any atom is 0.319 e. The highest BCUT2D eigenvalue weighted by Crippen LogP contribution is 2.13. The van der Waals surface area contributed by atoms with Crippen molar-refractivity contribution in [1.82, 2.24) is 15.1 Å². The van der Waals surface area contributed by atoms with E-state index in [1.54, 1.807) is 0 Å². The summed E-state index contributed by atoms with van der Waals surface area (Å²) in [5.74, 6) is 0. The fourth-order valence-electron chi connectivity index (χ4n) is 2.26. The molecule has 16 heavy (non-hydrogen) atoms. The summed E-state index contributed by atoms with van der Waals surface area (Å²) in [4.78, 5) is 16.0. The van der Waals surface area contributed by atoms with Crippen molar-refractivity contribution in [2.24, 2.45) is 0 Å². The van der Waals surface area contributed by atoms with E-state index in [4.69, 9.17) is 0 Å². The molecule has 94 valence electrons. The molecule has 1 aliphatic heterocycles. The number of carbonyl (C=O) groups excluding carboxylic acids is 1. The molecule has 0 saturated carbocycles. The average molecular weight is 227 g/mol. The van der Waals surface area contributed by atoms with Gasteiger partial charge in [0, 0.05) is 26.2 Å². The molecule has 1 rings (SSSR count). The van der Waals surface area contributed by atoms with Crippen LogP contribution in [0.25, 0.3) is 0 Å². The Hall–Kier alpha value is -0.770. The van der Waals surface area contributed by atoms with E-state index in [0.29, 0.717) is 6.04 Å². The third-order valence-corrected chi connectivity index (χ3v) is 3.43. The molecule has 0 aliphatic carbocycles. The van der Waals surface area contributed by atoms with E-state index in [1.165, 1.54) is 6.42 Å². The minimum Gasteiger partial charge on any atom is -0.325 e. The zero-order valence-electron chi connectivity index (χ0n) is 10.8. The van der Waals surface area contributed by atoms with Crippen molar-refractivity contribution in [2.45, 2.75) is 39.2 Å². The second kappa shape index (κ2) is 6.74.